The minimum Gasteiger partial charge on any atom is -0.356 e. The van der Waals surface area contributed by atoms with Gasteiger partial charge in [0.2, 0.25) is 21.8 Å². The predicted molar refractivity (Wildman–Crippen MR) is 99.8 cm³/mol. The number of amides is 3. The second-order valence-corrected chi connectivity index (χ2v) is 9.48. The molecular weight excluding hydrogens is 392 g/mol. The van der Waals surface area contributed by atoms with Crippen LogP contribution in [0, 0.1) is 0 Å². The third-order valence-corrected chi connectivity index (χ3v) is 7.33. The Morgan fingerprint density at radius 3 is 2.52 bits per heavy atom. The van der Waals surface area contributed by atoms with Crippen molar-refractivity contribution in [1.29, 1.82) is 0 Å². The third-order valence-electron chi connectivity index (χ3n) is 4.51. The van der Waals surface area contributed by atoms with Gasteiger partial charge in [0, 0.05) is 56.7 Å². The summed E-state index contributed by atoms with van der Waals surface area (Å²) in [6, 6.07) is 1.33. The fourth-order valence-corrected chi connectivity index (χ4v) is 5.57. The molecule has 9 nitrogen and oxygen atoms in total. The molecule has 2 saturated heterocycles. The SMILES string of the molecule is O=C(NCCCN1C(=O)CCC1=O)c1cc(S(=O)(=O)N2CCSCC2)c[nH]1. The Kier molecular flexibility index (Phi) is 6.22. The van der Waals surface area contributed by atoms with Gasteiger partial charge >= 0.3 is 0 Å². The summed E-state index contributed by atoms with van der Waals surface area (Å²) in [7, 11) is -3.60. The van der Waals surface area contributed by atoms with Crippen molar-refractivity contribution < 1.29 is 22.8 Å². The van der Waals surface area contributed by atoms with E-state index in [9.17, 15) is 22.8 Å². The number of hydrogen-bond acceptors (Lipinski definition) is 6. The maximum atomic E-state index is 12.6. The molecule has 3 heterocycles. The van der Waals surface area contributed by atoms with E-state index in [-0.39, 0.29) is 48.3 Å². The second kappa shape index (κ2) is 8.44. The number of imide groups is 1. The molecule has 0 radical (unpaired) electrons. The summed E-state index contributed by atoms with van der Waals surface area (Å²) >= 11 is 1.72. The quantitative estimate of drug-likeness (QED) is 0.480. The van der Waals surface area contributed by atoms with Crippen LogP contribution in [0.1, 0.15) is 29.8 Å². The molecule has 2 fully saturated rings. The lowest BCUT2D eigenvalue weighted by molar-refractivity contribution is -0.138. The zero-order valence-electron chi connectivity index (χ0n) is 14.8. The van der Waals surface area contributed by atoms with Crippen LogP contribution >= 0.6 is 11.8 Å². The topological polar surface area (TPSA) is 120 Å². The highest BCUT2D eigenvalue weighted by Gasteiger charge is 2.29. The van der Waals surface area contributed by atoms with Crippen molar-refractivity contribution in [3.63, 3.8) is 0 Å². The highest BCUT2D eigenvalue weighted by atomic mass is 32.2. The summed E-state index contributed by atoms with van der Waals surface area (Å²) in [4.78, 5) is 39.2. The van der Waals surface area contributed by atoms with Crippen LogP contribution in [-0.4, -0.2) is 78.0 Å². The number of sulfonamides is 1. The summed E-state index contributed by atoms with van der Waals surface area (Å²) < 4.78 is 26.6. The second-order valence-electron chi connectivity index (χ2n) is 6.31. The normalized spacial score (nSPS) is 18.9. The zero-order valence-corrected chi connectivity index (χ0v) is 16.4. The number of likely N-dealkylation sites (tertiary alicyclic amines) is 1. The first kappa shape index (κ1) is 19.9. The summed E-state index contributed by atoms with van der Waals surface area (Å²) in [5.41, 5.74) is 0.160. The fraction of sp³-hybridized carbons (Fsp3) is 0.562. The molecule has 2 N–H and O–H groups in total. The minimum atomic E-state index is -3.60. The largest absolute Gasteiger partial charge is 0.356 e. The molecule has 0 saturated carbocycles. The van der Waals surface area contributed by atoms with Crippen LogP contribution in [0.15, 0.2) is 17.2 Å². The van der Waals surface area contributed by atoms with Crippen LogP contribution in [0.3, 0.4) is 0 Å². The van der Waals surface area contributed by atoms with Gasteiger partial charge in [-0.2, -0.15) is 16.1 Å². The Morgan fingerprint density at radius 1 is 1.19 bits per heavy atom. The predicted octanol–water partition coefficient (Wildman–Crippen LogP) is 0.0211. The molecule has 0 aliphatic carbocycles. The van der Waals surface area contributed by atoms with Crippen molar-refractivity contribution in [2.75, 3.05) is 37.7 Å². The molecule has 1 aromatic heterocycles. The van der Waals surface area contributed by atoms with Crippen molar-refractivity contribution in [2.24, 2.45) is 0 Å². The van der Waals surface area contributed by atoms with Crippen LogP contribution in [0.2, 0.25) is 0 Å². The Balaban J connectivity index is 1.51. The molecule has 0 atom stereocenters. The summed E-state index contributed by atoms with van der Waals surface area (Å²) in [5.74, 6) is 0.742. The number of aromatic nitrogens is 1. The van der Waals surface area contributed by atoms with Gasteiger partial charge in [-0.15, -0.1) is 0 Å². The van der Waals surface area contributed by atoms with Crippen molar-refractivity contribution in [1.82, 2.24) is 19.5 Å². The smallest absolute Gasteiger partial charge is 0.267 e. The van der Waals surface area contributed by atoms with Crippen molar-refractivity contribution in [3.05, 3.63) is 18.0 Å². The summed E-state index contributed by atoms with van der Waals surface area (Å²) in [6.45, 7) is 1.48. The maximum Gasteiger partial charge on any atom is 0.267 e. The first-order chi connectivity index (χ1) is 12.9. The number of nitrogens with zero attached hydrogens (tertiary/aromatic N) is 2. The van der Waals surface area contributed by atoms with Gasteiger partial charge in [0.25, 0.3) is 5.91 Å². The van der Waals surface area contributed by atoms with Gasteiger partial charge < -0.3 is 10.3 Å². The molecule has 2 aliphatic heterocycles. The highest BCUT2D eigenvalue weighted by molar-refractivity contribution is 7.99. The average molecular weight is 415 g/mol. The molecule has 0 bridgehead atoms. The molecule has 0 aromatic carbocycles. The van der Waals surface area contributed by atoms with E-state index in [0.717, 1.165) is 11.5 Å². The van der Waals surface area contributed by atoms with Crippen molar-refractivity contribution >= 4 is 39.5 Å². The number of nitrogens with one attached hydrogen (secondary N) is 2. The lowest BCUT2D eigenvalue weighted by atomic mass is 10.3. The van der Waals surface area contributed by atoms with Gasteiger partial charge in [-0.1, -0.05) is 0 Å². The molecule has 0 spiro atoms. The highest BCUT2D eigenvalue weighted by Crippen LogP contribution is 2.20. The van der Waals surface area contributed by atoms with Crippen LogP contribution in [0.5, 0.6) is 0 Å². The molecular formula is C16H22N4O5S2. The van der Waals surface area contributed by atoms with E-state index in [2.05, 4.69) is 10.3 Å². The van der Waals surface area contributed by atoms with E-state index in [0.29, 0.717) is 19.5 Å². The number of thioether (sulfide) groups is 1. The fourth-order valence-electron chi connectivity index (χ4n) is 3.00. The molecule has 3 amide bonds. The van der Waals surface area contributed by atoms with Gasteiger partial charge in [-0.25, -0.2) is 8.42 Å². The van der Waals surface area contributed by atoms with Gasteiger partial charge in [0.05, 0.1) is 0 Å². The molecule has 27 heavy (non-hydrogen) atoms. The van der Waals surface area contributed by atoms with Crippen LogP contribution in [0.25, 0.3) is 0 Å². The molecule has 2 aliphatic rings. The van der Waals surface area contributed by atoms with E-state index in [1.165, 1.54) is 21.5 Å². The number of aromatic amines is 1. The Labute approximate surface area is 161 Å². The molecule has 148 valence electrons. The molecule has 1 aromatic rings. The number of H-pyrrole nitrogens is 1. The lowest BCUT2D eigenvalue weighted by Gasteiger charge is -2.24. The molecule has 3 rings (SSSR count). The van der Waals surface area contributed by atoms with Crippen molar-refractivity contribution in [2.45, 2.75) is 24.2 Å². The Bertz CT molecular complexity index is 814. The Morgan fingerprint density at radius 2 is 1.85 bits per heavy atom. The number of carbonyl (C=O) groups excluding carboxylic acids is 3. The average Bonchev–Trinajstić information content (AvgIpc) is 3.28. The Hall–Kier alpha value is -1.85. The lowest BCUT2D eigenvalue weighted by Crippen LogP contribution is -2.37. The first-order valence-electron chi connectivity index (χ1n) is 8.77. The van der Waals surface area contributed by atoms with Gasteiger partial charge in [0.1, 0.15) is 10.6 Å². The third kappa shape index (κ3) is 4.53. The molecule has 0 unspecified atom stereocenters. The van der Waals surface area contributed by atoms with Gasteiger partial charge in [-0.3, -0.25) is 19.3 Å². The van der Waals surface area contributed by atoms with E-state index in [1.807, 2.05) is 0 Å². The number of carbonyl (C=O) groups is 3. The summed E-state index contributed by atoms with van der Waals surface area (Å²) in [6.07, 6.45) is 2.27. The summed E-state index contributed by atoms with van der Waals surface area (Å²) in [5, 5.41) is 2.67. The van der Waals surface area contributed by atoms with E-state index < -0.39 is 15.9 Å². The number of rotatable bonds is 7. The molecule has 11 heteroatoms. The monoisotopic (exact) mass is 414 g/mol. The van der Waals surface area contributed by atoms with Crippen LogP contribution < -0.4 is 5.32 Å². The van der Waals surface area contributed by atoms with E-state index in [4.69, 9.17) is 0 Å². The maximum absolute atomic E-state index is 12.6. The first-order valence-corrected chi connectivity index (χ1v) is 11.4. The van der Waals surface area contributed by atoms with Gasteiger partial charge in [0.15, 0.2) is 0 Å². The van der Waals surface area contributed by atoms with Crippen molar-refractivity contribution in [3.8, 4) is 0 Å². The minimum absolute atomic E-state index is 0.0767. The zero-order chi connectivity index (χ0) is 19.4. The standard InChI is InChI=1S/C16H22N4O5S2/c21-14-2-3-15(22)20(14)5-1-4-17-16(23)13-10-12(11-18-13)27(24,25)19-6-8-26-9-7-19/h10-11,18H,1-9H2,(H,17,23). The van der Waals surface area contributed by atoms with Crippen LogP contribution in [-0.2, 0) is 19.6 Å². The number of hydrogen-bond donors (Lipinski definition) is 2. The van der Waals surface area contributed by atoms with Gasteiger partial charge in [-0.05, 0) is 12.5 Å². The van der Waals surface area contributed by atoms with Crippen LogP contribution in [0.4, 0.5) is 0 Å². The van der Waals surface area contributed by atoms with E-state index in [1.54, 1.807) is 11.8 Å². The van der Waals surface area contributed by atoms with E-state index >= 15 is 0 Å².